The van der Waals surface area contributed by atoms with E-state index in [-0.39, 0.29) is 11.9 Å². The molecule has 2 aromatic carbocycles. The van der Waals surface area contributed by atoms with Gasteiger partial charge in [-0.05, 0) is 55.8 Å². The monoisotopic (exact) mass is 364 g/mol. The van der Waals surface area contributed by atoms with Crippen LogP contribution in [0.5, 0.6) is 5.75 Å². The number of carbonyl (C=O) groups excluding carboxylic acids is 1. The molecule has 1 amide bonds. The number of rotatable bonds is 6. The quantitative estimate of drug-likeness (QED) is 0.718. The summed E-state index contributed by atoms with van der Waals surface area (Å²) in [5.74, 6) is 1.00. The minimum Gasteiger partial charge on any atom is -0.497 e. The molecule has 0 bridgehead atoms. The highest BCUT2D eigenvalue weighted by molar-refractivity contribution is 5.96. The highest BCUT2D eigenvalue weighted by Gasteiger charge is 2.25. The smallest absolute Gasteiger partial charge is 0.287 e. The zero-order valence-electron chi connectivity index (χ0n) is 15.5. The van der Waals surface area contributed by atoms with Crippen LogP contribution < -0.4 is 10.1 Å². The Kier molecular flexibility index (Phi) is 5.12. The summed E-state index contributed by atoms with van der Waals surface area (Å²) in [7, 11) is 1.67. The van der Waals surface area contributed by atoms with Crippen molar-refractivity contribution < 1.29 is 13.9 Å². The van der Waals surface area contributed by atoms with E-state index in [0.717, 1.165) is 35.4 Å². The van der Waals surface area contributed by atoms with Gasteiger partial charge in [0.05, 0.1) is 13.2 Å². The van der Waals surface area contributed by atoms with E-state index < -0.39 is 0 Å². The lowest BCUT2D eigenvalue weighted by atomic mass is 10.0. The second-order valence-electron chi connectivity index (χ2n) is 6.89. The fraction of sp³-hybridized carbons (Fsp3) is 0.318. The number of nitrogens with zero attached hydrogens (tertiary/aromatic N) is 1. The lowest BCUT2D eigenvalue weighted by Crippen LogP contribution is -2.36. The van der Waals surface area contributed by atoms with Crippen molar-refractivity contribution in [2.75, 3.05) is 26.7 Å². The van der Waals surface area contributed by atoms with Crippen molar-refractivity contribution in [2.45, 2.75) is 18.9 Å². The number of methoxy groups -OCH3 is 1. The van der Waals surface area contributed by atoms with Crippen LogP contribution in [0.3, 0.4) is 0 Å². The molecule has 2 heterocycles. The second kappa shape index (κ2) is 7.84. The van der Waals surface area contributed by atoms with Gasteiger partial charge in [0.15, 0.2) is 5.76 Å². The standard InChI is InChI=1S/C22H24N2O3/c1-26-18-9-6-8-16(13-18)19(24-11-4-5-12-24)15-23-22(25)21-14-17-7-2-3-10-20(17)27-21/h2-3,6-10,13-14,19H,4-5,11-12,15H2,1H3,(H,23,25). The molecule has 4 rings (SSSR count). The Hall–Kier alpha value is -2.79. The number of hydrogen-bond acceptors (Lipinski definition) is 4. The van der Waals surface area contributed by atoms with Gasteiger partial charge in [-0.25, -0.2) is 0 Å². The van der Waals surface area contributed by atoms with E-state index in [9.17, 15) is 4.79 Å². The predicted octanol–water partition coefficient (Wildman–Crippen LogP) is 4.01. The zero-order valence-corrected chi connectivity index (χ0v) is 15.5. The number of likely N-dealkylation sites (tertiary alicyclic amines) is 1. The third-order valence-electron chi connectivity index (χ3n) is 5.17. The predicted molar refractivity (Wildman–Crippen MR) is 105 cm³/mol. The Morgan fingerprint density at radius 1 is 1.15 bits per heavy atom. The van der Waals surface area contributed by atoms with Gasteiger partial charge >= 0.3 is 0 Å². The summed E-state index contributed by atoms with van der Waals surface area (Å²) in [5.41, 5.74) is 1.88. The maximum absolute atomic E-state index is 12.6. The number of para-hydroxylation sites is 1. The van der Waals surface area contributed by atoms with E-state index in [1.807, 2.05) is 36.4 Å². The molecule has 0 saturated carbocycles. The van der Waals surface area contributed by atoms with Crippen LogP contribution in [0.15, 0.2) is 59.0 Å². The van der Waals surface area contributed by atoms with Crippen molar-refractivity contribution >= 4 is 16.9 Å². The number of hydrogen-bond donors (Lipinski definition) is 1. The summed E-state index contributed by atoms with van der Waals surface area (Å²) in [6, 6.07) is 17.7. The molecule has 0 aliphatic carbocycles. The van der Waals surface area contributed by atoms with Crippen LogP contribution in [-0.4, -0.2) is 37.6 Å². The van der Waals surface area contributed by atoms with Gasteiger partial charge < -0.3 is 14.5 Å². The van der Waals surface area contributed by atoms with E-state index in [1.165, 1.54) is 12.8 Å². The molecular formula is C22H24N2O3. The summed E-state index contributed by atoms with van der Waals surface area (Å²) in [6.45, 7) is 2.62. The minimum atomic E-state index is -0.182. The van der Waals surface area contributed by atoms with Gasteiger partial charge in [0.1, 0.15) is 11.3 Å². The number of amides is 1. The third kappa shape index (κ3) is 3.83. The van der Waals surface area contributed by atoms with Gasteiger partial charge in [0.25, 0.3) is 5.91 Å². The SMILES string of the molecule is COc1cccc(C(CNC(=O)c2cc3ccccc3o2)N2CCCC2)c1. The molecule has 1 atom stereocenters. The number of benzene rings is 2. The molecule has 0 spiro atoms. The Morgan fingerprint density at radius 2 is 1.96 bits per heavy atom. The highest BCUT2D eigenvalue weighted by Crippen LogP contribution is 2.27. The maximum Gasteiger partial charge on any atom is 0.287 e. The van der Waals surface area contributed by atoms with Crippen molar-refractivity contribution in [1.82, 2.24) is 10.2 Å². The molecule has 1 aliphatic heterocycles. The fourth-order valence-corrected chi connectivity index (χ4v) is 3.73. The number of fused-ring (bicyclic) bond motifs is 1. The fourth-order valence-electron chi connectivity index (χ4n) is 3.73. The Morgan fingerprint density at radius 3 is 2.74 bits per heavy atom. The van der Waals surface area contributed by atoms with Gasteiger partial charge in [-0.1, -0.05) is 30.3 Å². The van der Waals surface area contributed by atoms with Crippen LogP contribution >= 0.6 is 0 Å². The lowest BCUT2D eigenvalue weighted by Gasteiger charge is -2.28. The van der Waals surface area contributed by atoms with Crippen LogP contribution in [-0.2, 0) is 0 Å². The summed E-state index contributed by atoms with van der Waals surface area (Å²) in [4.78, 5) is 15.1. The van der Waals surface area contributed by atoms with Gasteiger partial charge in [0, 0.05) is 11.9 Å². The molecule has 5 heteroatoms. The van der Waals surface area contributed by atoms with Crippen LogP contribution in [0, 0.1) is 0 Å². The van der Waals surface area contributed by atoms with E-state index in [4.69, 9.17) is 9.15 Å². The highest BCUT2D eigenvalue weighted by atomic mass is 16.5. The second-order valence-corrected chi connectivity index (χ2v) is 6.89. The molecule has 3 aromatic rings. The molecule has 140 valence electrons. The molecule has 27 heavy (non-hydrogen) atoms. The van der Waals surface area contributed by atoms with Crippen molar-refractivity contribution in [2.24, 2.45) is 0 Å². The Labute approximate surface area is 158 Å². The lowest BCUT2D eigenvalue weighted by molar-refractivity contribution is 0.0912. The number of carbonyl (C=O) groups is 1. The van der Waals surface area contributed by atoms with E-state index in [0.29, 0.717) is 12.3 Å². The molecule has 5 nitrogen and oxygen atoms in total. The van der Waals surface area contributed by atoms with Crippen LogP contribution in [0.4, 0.5) is 0 Å². The molecule has 0 radical (unpaired) electrons. The number of furan rings is 1. The van der Waals surface area contributed by atoms with Crippen LogP contribution in [0.25, 0.3) is 11.0 Å². The first kappa shape index (κ1) is 17.6. The summed E-state index contributed by atoms with van der Waals surface area (Å²) in [5, 5.41) is 3.99. The average Bonchev–Trinajstić information content (AvgIpc) is 3.38. The normalized spacial score (nSPS) is 15.7. The zero-order chi connectivity index (χ0) is 18.6. The summed E-state index contributed by atoms with van der Waals surface area (Å²) < 4.78 is 11.1. The third-order valence-corrected chi connectivity index (χ3v) is 5.17. The van der Waals surface area contributed by atoms with Gasteiger partial charge in [-0.3, -0.25) is 9.69 Å². The minimum absolute atomic E-state index is 0.121. The first-order valence-electron chi connectivity index (χ1n) is 9.39. The molecule has 1 aliphatic rings. The molecule has 1 unspecified atom stereocenters. The van der Waals surface area contributed by atoms with Crippen molar-refractivity contribution in [1.29, 1.82) is 0 Å². The van der Waals surface area contributed by atoms with E-state index >= 15 is 0 Å². The topological polar surface area (TPSA) is 54.7 Å². The molecule has 1 fully saturated rings. The summed E-state index contributed by atoms with van der Waals surface area (Å²) in [6.07, 6.45) is 2.38. The Balaban J connectivity index is 1.51. The van der Waals surface area contributed by atoms with E-state index in [2.05, 4.69) is 22.3 Å². The molecule has 1 N–H and O–H groups in total. The maximum atomic E-state index is 12.6. The molecule has 1 saturated heterocycles. The van der Waals surface area contributed by atoms with Gasteiger partial charge in [-0.2, -0.15) is 0 Å². The number of nitrogens with one attached hydrogen (secondary N) is 1. The van der Waals surface area contributed by atoms with Gasteiger partial charge in [0.2, 0.25) is 0 Å². The average molecular weight is 364 g/mol. The first-order valence-corrected chi connectivity index (χ1v) is 9.39. The van der Waals surface area contributed by atoms with Crippen LogP contribution in [0.1, 0.15) is 35.0 Å². The van der Waals surface area contributed by atoms with Crippen molar-refractivity contribution in [3.8, 4) is 5.75 Å². The number of ether oxygens (including phenoxy) is 1. The molecule has 1 aromatic heterocycles. The van der Waals surface area contributed by atoms with E-state index in [1.54, 1.807) is 13.2 Å². The van der Waals surface area contributed by atoms with Crippen LogP contribution in [0.2, 0.25) is 0 Å². The van der Waals surface area contributed by atoms with Crippen molar-refractivity contribution in [3.05, 3.63) is 65.9 Å². The van der Waals surface area contributed by atoms with Crippen molar-refractivity contribution in [3.63, 3.8) is 0 Å². The largest absolute Gasteiger partial charge is 0.497 e. The molecular weight excluding hydrogens is 340 g/mol. The van der Waals surface area contributed by atoms with Gasteiger partial charge in [-0.15, -0.1) is 0 Å². The summed E-state index contributed by atoms with van der Waals surface area (Å²) >= 11 is 0. The first-order chi connectivity index (χ1) is 13.2. The Bertz CT molecular complexity index is 895.